The van der Waals surface area contributed by atoms with Crippen LogP contribution in [0.4, 0.5) is 5.69 Å². The van der Waals surface area contributed by atoms with Gasteiger partial charge in [-0.1, -0.05) is 11.6 Å². The zero-order valence-electron chi connectivity index (χ0n) is 20.5. The Morgan fingerprint density at radius 1 is 1.13 bits per heavy atom. The number of carboxylic acids is 1. The molecule has 0 aliphatic carbocycles. The topological polar surface area (TPSA) is 173 Å². The number of aromatic carboxylic acids is 1. The molecule has 0 spiro atoms. The van der Waals surface area contributed by atoms with Gasteiger partial charge in [0.1, 0.15) is 22.2 Å². The Balaban J connectivity index is 1.50. The Labute approximate surface area is 229 Å². The van der Waals surface area contributed by atoms with Gasteiger partial charge in [0.25, 0.3) is 0 Å². The third kappa shape index (κ3) is 7.71. The molecule has 3 N–H and O–H groups in total. The fraction of sp³-hybridized carbons (Fsp3) is 0.280. The van der Waals surface area contributed by atoms with Crippen molar-refractivity contribution in [2.24, 2.45) is 5.92 Å². The van der Waals surface area contributed by atoms with Gasteiger partial charge in [0, 0.05) is 22.3 Å². The number of halogens is 1. The summed E-state index contributed by atoms with van der Waals surface area (Å²) in [5.41, 5.74) is 1.56. The number of tetrazole rings is 1. The van der Waals surface area contributed by atoms with Crippen LogP contribution in [-0.2, 0) is 19.4 Å². The average molecular weight is 573 g/mol. The van der Waals surface area contributed by atoms with Gasteiger partial charge >= 0.3 is 5.97 Å². The first-order valence-corrected chi connectivity index (χ1v) is 14.2. The first kappa shape index (κ1) is 27.9. The summed E-state index contributed by atoms with van der Waals surface area (Å²) in [6, 6.07) is 9.63. The molecule has 1 atom stereocenters. The Bertz CT molecular complexity index is 1480. The molecule has 14 heteroatoms. The second kappa shape index (κ2) is 12.2. The summed E-state index contributed by atoms with van der Waals surface area (Å²) in [5.74, 6) is -2.17. The number of aromatic nitrogens is 4. The predicted molar refractivity (Wildman–Crippen MR) is 143 cm³/mol. The molecule has 12 nitrogen and oxygen atoms in total. The SMILES string of the molecule is O=C(C=Cc1cc(Cl)ccc1-n1cnnn1)N[C@@H](CC1CCS(=O)(=O)CC1)C(=O)Nc1ccc(C(=O)O)cc1. The minimum atomic E-state index is -3.09. The van der Waals surface area contributed by atoms with Crippen LogP contribution < -0.4 is 10.6 Å². The summed E-state index contributed by atoms with van der Waals surface area (Å²) in [5, 5.41) is 26.0. The van der Waals surface area contributed by atoms with Gasteiger partial charge in [-0.3, -0.25) is 9.59 Å². The van der Waals surface area contributed by atoms with Crippen molar-refractivity contribution in [3.63, 3.8) is 0 Å². The first-order valence-electron chi connectivity index (χ1n) is 12.0. The Morgan fingerprint density at radius 3 is 2.49 bits per heavy atom. The zero-order valence-corrected chi connectivity index (χ0v) is 22.1. The maximum Gasteiger partial charge on any atom is 0.335 e. The Morgan fingerprint density at radius 2 is 1.85 bits per heavy atom. The van der Waals surface area contributed by atoms with E-state index in [0.717, 1.165) is 0 Å². The molecule has 0 bridgehead atoms. The average Bonchev–Trinajstić information content (AvgIpc) is 3.43. The van der Waals surface area contributed by atoms with Crippen LogP contribution in [0.15, 0.2) is 54.9 Å². The van der Waals surface area contributed by atoms with Crippen LogP contribution in [0.2, 0.25) is 5.02 Å². The maximum absolute atomic E-state index is 13.2. The molecule has 1 saturated heterocycles. The molecule has 1 aliphatic heterocycles. The minimum Gasteiger partial charge on any atom is -0.478 e. The number of rotatable bonds is 9. The number of carbonyl (C=O) groups excluding carboxylic acids is 2. The third-order valence-electron chi connectivity index (χ3n) is 6.28. The van der Waals surface area contributed by atoms with Crippen molar-refractivity contribution in [2.45, 2.75) is 25.3 Å². The lowest BCUT2D eigenvalue weighted by atomic mass is 9.93. The van der Waals surface area contributed by atoms with Gasteiger partial charge in [0.2, 0.25) is 11.8 Å². The van der Waals surface area contributed by atoms with Gasteiger partial charge in [-0.15, -0.1) is 5.10 Å². The van der Waals surface area contributed by atoms with Gasteiger partial charge in [-0.25, -0.2) is 13.2 Å². The maximum atomic E-state index is 13.2. The highest BCUT2D eigenvalue weighted by Gasteiger charge is 2.29. The van der Waals surface area contributed by atoms with Crippen LogP contribution >= 0.6 is 11.6 Å². The molecule has 204 valence electrons. The fourth-order valence-electron chi connectivity index (χ4n) is 4.19. The minimum absolute atomic E-state index is 0.0329. The van der Waals surface area contributed by atoms with Crippen molar-refractivity contribution >= 4 is 51.0 Å². The third-order valence-corrected chi connectivity index (χ3v) is 8.23. The van der Waals surface area contributed by atoms with E-state index in [1.807, 2.05) is 0 Å². The highest BCUT2D eigenvalue weighted by molar-refractivity contribution is 7.91. The standard InChI is InChI=1S/C25H25ClN6O6S/c26-19-4-7-22(32-15-27-30-31-32)18(14-19)3-8-23(33)29-21(13-16-9-11-39(37,38)12-10-16)24(34)28-20-5-1-17(2-6-20)25(35)36/h1-8,14-16,21H,9-13H2,(H,28,34)(H,29,33)(H,35,36)/t21-/m0/s1. The van der Waals surface area contributed by atoms with E-state index in [-0.39, 0.29) is 29.4 Å². The van der Waals surface area contributed by atoms with Crippen molar-refractivity contribution in [2.75, 3.05) is 16.8 Å². The number of carboxylic acid groups (broad SMARTS) is 1. The van der Waals surface area contributed by atoms with E-state index in [1.165, 1.54) is 47.4 Å². The number of amides is 2. The van der Waals surface area contributed by atoms with Gasteiger partial charge < -0.3 is 15.7 Å². The lowest BCUT2D eigenvalue weighted by molar-refractivity contribution is -0.124. The van der Waals surface area contributed by atoms with Crippen molar-refractivity contribution in [3.8, 4) is 5.69 Å². The lowest BCUT2D eigenvalue weighted by Gasteiger charge is -2.26. The molecule has 3 aromatic rings. The number of carbonyl (C=O) groups is 3. The Hall–Kier alpha value is -4.10. The summed E-state index contributed by atoms with van der Waals surface area (Å²) in [6.07, 6.45) is 5.19. The molecule has 2 amide bonds. The van der Waals surface area contributed by atoms with E-state index >= 15 is 0 Å². The normalized spacial score (nSPS) is 16.0. The number of benzene rings is 2. The molecule has 2 aromatic carbocycles. The number of hydrogen-bond acceptors (Lipinski definition) is 8. The predicted octanol–water partition coefficient (Wildman–Crippen LogP) is 2.37. The van der Waals surface area contributed by atoms with Gasteiger partial charge in [0.05, 0.1) is 22.8 Å². The van der Waals surface area contributed by atoms with Crippen molar-refractivity contribution in [1.82, 2.24) is 25.5 Å². The number of nitrogens with one attached hydrogen (secondary N) is 2. The molecular weight excluding hydrogens is 548 g/mol. The number of nitrogens with zero attached hydrogens (tertiary/aromatic N) is 4. The molecule has 1 aromatic heterocycles. The molecular formula is C25H25ClN6O6S. The molecule has 0 unspecified atom stereocenters. The second-order valence-corrected chi connectivity index (χ2v) is 11.8. The molecule has 0 radical (unpaired) electrons. The largest absolute Gasteiger partial charge is 0.478 e. The Kier molecular flexibility index (Phi) is 8.72. The van der Waals surface area contributed by atoms with Gasteiger partial charge in [-0.05, 0) is 84.1 Å². The highest BCUT2D eigenvalue weighted by atomic mass is 35.5. The zero-order chi connectivity index (χ0) is 28.0. The number of anilines is 1. The number of sulfone groups is 1. The summed E-state index contributed by atoms with van der Waals surface area (Å²) >= 11 is 6.13. The van der Waals surface area contributed by atoms with Crippen molar-refractivity contribution in [1.29, 1.82) is 0 Å². The lowest BCUT2D eigenvalue weighted by Crippen LogP contribution is -2.45. The van der Waals surface area contributed by atoms with Crippen molar-refractivity contribution in [3.05, 3.63) is 71.0 Å². The van der Waals surface area contributed by atoms with Crippen LogP contribution in [0.3, 0.4) is 0 Å². The van der Waals surface area contributed by atoms with Crippen LogP contribution in [0, 0.1) is 5.92 Å². The van der Waals surface area contributed by atoms with Gasteiger partial charge in [0.15, 0.2) is 0 Å². The van der Waals surface area contributed by atoms with E-state index < -0.39 is 33.7 Å². The van der Waals surface area contributed by atoms with Crippen LogP contribution in [0.25, 0.3) is 11.8 Å². The fourth-order valence-corrected chi connectivity index (χ4v) is 5.96. The molecule has 2 heterocycles. The summed E-state index contributed by atoms with van der Waals surface area (Å²) in [7, 11) is -3.09. The summed E-state index contributed by atoms with van der Waals surface area (Å²) in [4.78, 5) is 37.2. The monoisotopic (exact) mass is 572 g/mol. The van der Waals surface area contributed by atoms with E-state index in [1.54, 1.807) is 18.2 Å². The summed E-state index contributed by atoms with van der Waals surface area (Å²) < 4.78 is 25.1. The molecule has 39 heavy (non-hydrogen) atoms. The smallest absolute Gasteiger partial charge is 0.335 e. The second-order valence-electron chi connectivity index (χ2n) is 9.05. The van der Waals surface area contributed by atoms with Crippen LogP contribution in [0.1, 0.15) is 35.2 Å². The van der Waals surface area contributed by atoms with E-state index in [0.29, 0.717) is 34.8 Å². The molecule has 1 fully saturated rings. The first-order chi connectivity index (χ1) is 18.6. The van der Waals surface area contributed by atoms with E-state index in [4.69, 9.17) is 16.7 Å². The van der Waals surface area contributed by atoms with Gasteiger partial charge in [-0.2, -0.15) is 4.68 Å². The highest BCUT2D eigenvalue weighted by Crippen LogP contribution is 2.24. The van der Waals surface area contributed by atoms with E-state index in [2.05, 4.69) is 26.2 Å². The molecule has 1 aliphatic rings. The van der Waals surface area contributed by atoms with Crippen LogP contribution in [0.5, 0.6) is 0 Å². The van der Waals surface area contributed by atoms with E-state index in [9.17, 15) is 22.8 Å². The van der Waals surface area contributed by atoms with Crippen LogP contribution in [-0.4, -0.2) is 69.1 Å². The molecule has 0 saturated carbocycles. The quantitative estimate of drug-likeness (QED) is 0.325. The number of hydrogen-bond donors (Lipinski definition) is 3. The van der Waals surface area contributed by atoms with Crippen molar-refractivity contribution < 1.29 is 27.9 Å². The summed E-state index contributed by atoms with van der Waals surface area (Å²) in [6.45, 7) is 0. The molecule has 4 rings (SSSR count).